The van der Waals surface area contributed by atoms with Gasteiger partial charge in [0, 0.05) is 24.8 Å². The van der Waals surface area contributed by atoms with Crippen LogP contribution >= 0.6 is 0 Å². The molecule has 0 saturated carbocycles. The van der Waals surface area contributed by atoms with E-state index in [1.165, 1.54) is 22.5 Å². The van der Waals surface area contributed by atoms with Gasteiger partial charge in [-0.3, -0.25) is 0 Å². The fourth-order valence-electron chi connectivity index (χ4n) is 2.83. The summed E-state index contributed by atoms with van der Waals surface area (Å²) < 4.78 is 38.0. The number of nitrogens with zero attached hydrogens (tertiary/aromatic N) is 2. The van der Waals surface area contributed by atoms with Gasteiger partial charge in [-0.1, -0.05) is 0 Å². The van der Waals surface area contributed by atoms with Gasteiger partial charge < -0.3 is 14.6 Å². The molecule has 1 aliphatic heterocycles. The summed E-state index contributed by atoms with van der Waals surface area (Å²) in [4.78, 5) is 15.7. The number of morpholine rings is 1. The number of benzene rings is 1. The smallest absolute Gasteiger partial charge is 0.335 e. The maximum absolute atomic E-state index is 13.0. The topological polar surface area (TPSA) is 106 Å². The van der Waals surface area contributed by atoms with Crippen molar-refractivity contribution in [2.45, 2.75) is 11.8 Å². The Morgan fingerprint density at radius 3 is 2.70 bits per heavy atom. The van der Waals surface area contributed by atoms with Gasteiger partial charge >= 0.3 is 5.97 Å². The van der Waals surface area contributed by atoms with Crippen molar-refractivity contribution < 1.29 is 27.8 Å². The summed E-state index contributed by atoms with van der Waals surface area (Å²) in [6.45, 7) is 3.25. The standard InChI is InChI=1S/C18H20N2O6S/c1-2-26-17-16(4-3-5-19-17)13-10-14(18(21)22)12-15(11-13)27(23,24)20-6-8-25-9-7-20/h3-5,10-12H,2,6-9H2,1H3,(H,21,22). The second-order valence-corrected chi connectivity index (χ2v) is 7.79. The third-order valence-corrected chi connectivity index (χ3v) is 6.00. The second kappa shape index (κ2) is 8.03. The van der Waals surface area contributed by atoms with Gasteiger partial charge in [0.05, 0.1) is 30.3 Å². The Balaban J connectivity index is 2.13. The van der Waals surface area contributed by atoms with Crippen molar-refractivity contribution in [3.8, 4) is 17.0 Å². The van der Waals surface area contributed by atoms with Crippen LogP contribution < -0.4 is 4.74 Å². The third kappa shape index (κ3) is 4.10. The number of carboxylic acid groups (broad SMARTS) is 1. The third-order valence-electron chi connectivity index (χ3n) is 4.12. The van der Waals surface area contributed by atoms with Crippen LogP contribution in [-0.4, -0.2) is 61.7 Å². The van der Waals surface area contributed by atoms with Gasteiger partial charge in [-0.25, -0.2) is 18.2 Å². The van der Waals surface area contributed by atoms with Gasteiger partial charge in [-0.05, 0) is 42.8 Å². The van der Waals surface area contributed by atoms with Crippen molar-refractivity contribution >= 4 is 16.0 Å². The van der Waals surface area contributed by atoms with E-state index in [-0.39, 0.29) is 23.5 Å². The fraction of sp³-hybridized carbons (Fsp3) is 0.333. The predicted octanol–water partition coefficient (Wildman–Crippen LogP) is 1.87. The minimum absolute atomic E-state index is 0.0781. The summed E-state index contributed by atoms with van der Waals surface area (Å²) in [5.41, 5.74) is 0.824. The SMILES string of the molecule is CCOc1ncccc1-c1cc(C(=O)O)cc(S(=O)(=O)N2CCOCC2)c1. The molecule has 1 saturated heterocycles. The molecular weight excluding hydrogens is 372 g/mol. The molecule has 0 unspecified atom stereocenters. The summed E-state index contributed by atoms with van der Waals surface area (Å²) in [5.74, 6) is -0.894. The number of pyridine rings is 1. The van der Waals surface area contributed by atoms with Gasteiger partial charge in [0.15, 0.2) is 0 Å². The number of hydrogen-bond donors (Lipinski definition) is 1. The minimum Gasteiger partial charge on any atom is -0.478 e. The van der Waals surface area contributed by atoms with E-state index < -0.39 is 16.0 Å². The van der Waals surface area contributed by atoms with E-state index in [1.807, 2.05) is 0 Å². The molecule has 0 spiro atoms. The average Bonchev–Trinajstić information content (AvgIpc) is 2.69. The van der Waals surface area contributed by atoms with Crippen molar-refractivity contribution in [2.24, 2.45) is 0 Å². The van der Waals surface area contributed by atoms with Crippen molar-refractivity contribution in [2.75, 3.05) is 32.9 Å². The zero-order valence-corrected chi connectivity index (χ0v) is 15.6. The first-order valence-electron chi connectivity index (χ1n) is 8.48. The van der Waals surface area contributed by atoms with Crippen LogP contribution in [0.15, 0.2) is 41.4 Å². The number of rotatable bonds is 6. The summed E-state index contributed by atoms with van der Waals surface area (Å²) in [7, 11) is -3.84. The van der Waals surface area contributed by atoms with Gasteiger partial charge in [0.25, 0.3) is 0 Å². The summed E-state index contributed by atoms with van der Waals surface area (Å²) in [6, 6.07) is 7.44. The van der Waals surface area contributed by atoms with Crippen LogP contribution in [0.1, 0.15) is 17.3 Å². The first-order chi connectivity index (χ1) is 12.9. The van der Waals surface area contributed by atoms with Crippen LogP contribution in [0.25, 0.3) is 11.1 Å². The predicted molar refractivity (Wildman–Crippen MR) is 97.4 cm³/mol. The molecule has 0 atom stereocenters. The van der Waals surface area contributed by atoms with E-state index in [0.29, 0.717) is 36.8 Å². The normalized spacial score (nSPS) is 15.4. The highest BCUT2D eigenvalue weighted by molar-refractivity contribution is 7.89. The molecule has 8 nitrogen and oxygen atoms in total. The molecule has 1 aliphatic rings. The second-order valence-electron chi connectivity index (χ2n) is 5.86. The Labute approximate surface area is 157 Å². The summed E-state index contributed by atoms with van der Waals surface area (Å²) >= 11 is 0. The number of aromatic nitrogens is 1. The lowest BCUT2D eigenvalue weighted by molar-refractivity contribution is 0.0696. The van der Waals surface area contributed by atoms with Gasteiger partial charge in [0.2, 0.25) is 15.9 Å². The molecule has 144 valence electrons. The molecule has 1 N–H and O–H groups in total. The van der Waals surface area contributed by atoms with Gasteiger partial charge in [0.1, 0.15) is 0 Å². The van der Waals surface area contributed by atoms with E-state index >= 15 is 0 Å². The molecular formula is C18H20N2O6S. The Bertz CT molecular complexity index is 939. The molecule has 0 radical (unpaired) electrons. The van der Waals surface area contributed by atoms with E-state index in [4.69, 9.17) is 9.47 Å². The lowest BCUT2D eigenvalue weighted by Crippen LogP contribution is -2.40. The molecule has 0 amide bonds. The highest BCUT2D eigenvalue weighted by Gasteiger charge is 2.28. The van der Waals surface area contributed by atoms with Gasteiger partial charge in [-0.15, -0.1) is 0 Å². The lowest BCUT2D eigenvalue weighted by atomic mass is 10.0. The van der Waals surface area contributed by atoms with Crippen molar-refractivity contribution in [3.63, 3.8) is 0 Å². The van der Waals surface area contributed by atoms with Crippen molar-refractivity contribution in [3.05, 3.63) is 42.1 Å². The van der Waals surface area contributed by atoms with Crippen LogP contribution in [0, 0.1) is 0 Å². The summed E-state index contributed by atoms with van der Waals surface area (Å²) in [6.07, 6.45) is 1.56. The zero-order valence-electron chi connectivity index (χ0n) is 14.8. The first-order valence-corrected chi connectivity index (χ1v) is 9.92. The number of sulfonamides is 1. The maximum Gasteiger partial charge on any atom is 0.335 e. The molecule has 1 aromatic heterocycles. The highest BCUT2D eigenvalue weighted by atomic mass is 32.2. The minimum atomic E-state index is -3.84. The molecule has 0 bridgehead atoms. The van der Waals surface area contributed by atoms with Crippen LogP contribution in [0.4, 0.5) is 0 Å². The number of aromatic carboxylic acids is 1. The number of ether oxygens (including phenoxy) is 2. The van der Waals surface area contributed by atoms with Gasteiger partial charge in [-0.2, -0.15) is 4.31 Å². The maximum atomic E-state index is 13.0. The van der Waals surface area contributed by atoms with Crippen LogP contribution in [-0.2, 0) is 14.8 Å². The lowest BCUT2D eigenvalue weighted by Gasteiger charge is -2.26. The number of carboxylic acids is 1. The molecule has 2 aromatic rings. The largest absolute Gasteiger partial charge is 0.478 e. The molecule has 1 aromatic carbocycles. The Hall–Kier alpha value is -2.49. The number of carbonyl (C=O) groups is 1. The fourth-order valence-corrected chi connectivity index (χ4v) is 4.30. The van der Waals surface area contributed by atoms with E-state index in [1.54, 1.807) is 25.3 Å². The van der Waals surface area contributed by atoms with Crippen LogP contribution in [0.2, 0.25) is 0 Å². The van der Waals surface area contributed by atoms with E-state index in [9.17, 15) is 18.3 Å². The first kappa shape index (κ1) is 19.3. The summed E-state index contributed by atoms with van der Waals surface area (Å²) in [5, 5.41) is 9.45. The van der Waals surface area contributed by atoms with Crippen molar-refractivity contribution in [1.29, 1.82) is 0 Å². The van der Waals surface area contributed by atoms with E-state index in [2.05, 4.69) is 4.98 Å². The Morgan fingerprint density at radius 1 is 1.30 bits per heavy atom. The highest BCUT2D eigenvalue weighted by Crippen LogP contribution is 2.31. The molecule has 3 rings (SSSR count). The molecule has 27 heavy (non-hydrogen) atoms. The van der Waals surface area contributed by atoms with Crippen LogP contribution in [0.5, 0.6) is 5.88 Å². The van der Waals surface area contributed by atoms with E-state index in [0.717, 1.165) is 0 Å². The van der Waals surface area contributed by atoms with Crippen molar-refractivity contribution in [1.82, 2.24) is 9.29 Å². The molecule has 2 heterocycles. The molecule has 1 fully saturated rings. The average molecular weight is 392 g/mol. The zero-order chi connectivity index (χ0) is 19.4. The molecule has 0 aliphatic carbocycles. The number of hydrogen-bond acceptors (Lipinski definition) is 6. The van der Waals surface area contributed by atoms with Crippen LogP contribution in [0.3, 0.4) is 0 Å². The Morgan fingerprint density at radius 2 is 2.04 bits per heavy atom. The quantitative estimate of drug-likeness (QED) is 0.800. The molecule has 9 heteroatoms. The Kier molecular flexibility index (Phi) is 5.73. The monoisotopic (exact) mass is 392 g/mol.